The van der Waals surface area contributed by atoms with E-state index in [2.05, 4.69) is 55.2 Å². The summed E-state index contributed by atoms with van der Waals surface area (Å²) in [5.74, 6) is 0.597. The smallest absolute Gasteiger partial charge is 0.276 e. The van der Waals surface area contributed by atoms with Gasteiger partial charge in [0.2, 0.25) is 0 Å². The number of rotatable bonds is 6. The van der Waals surface area contributed by atoms with Gasteiger partial charge in [-0.2, -0.15) is 5.10 Å². The molecule has 0 bridgehead atoms. The molecule has 2 N–H and O–H groups in total. The van der Waals surface area contributed by atoms with E-state index < -0.39 is 0 Å². The first kappa shape index (κ1) is 25.5. The highest BCUT2D eigenvalue weighted by atomic mass is 16.5. The maximum atomic E-state index is 13.2. The maximum Gasteiger partial charge on any atom is 0.276 e. The van der Waals surface area contributed by atoms with Crippen LogP contribution in [-0.4, -0.2) is 69.4 Å². The molecule has 0 unspecified atom stereocenters. The fourth-order valence-corrected chi connectivity index (χ4v) is 5.68. The number of aromatic amines is 1. The quantitative estimate of drug-likeness (QED) is 0.370. The summed E-state index contributed by atoms with van der Waals surface area (Å²) in [6.45, 7) is 8.93. The zero-order valence-corrected chi connectivity index (χ0v) is 22.6. The molecular weight excluding hydrogens is 490 g/mol. The number of fused-ring (bicyclic) bond motifs is 1. The molecule has 0 spiro atoms. The molecular formula is C30H35N7O2. The third kappa shape index (κ3) is 5.79. The maximum absolute atomic E-state index is 13.2. The van der Waals surface area contributed by atoms with Gasteiger partial charge in [0, 0.05) is 43.0 Å². The van der Waals surface area contributed by atoms with Crippen molar-refractivity contribution in [1.82, 2.24) is 25.1 Å². The van der Waals surface area contributed by atoms with Crippen LogP contribution in [0.5, 0.6) is 0 Å². The Bertz CT molecular complexity index is 1440. The highest BCUT2D eigenvalue weighted by Crippen LogP contribution is 2.27. The molecule has 0 saturated carbocycles. The molecule has 5 heterocycles. The van der Waals surface area contributed by atoms with Crippen LogP contribution in [0.1, 0.15) is 49.2 Å². The number of aromatic nitrogens is 4. The van der Waals surface area contributed by atoms with Crippen LogP contribution in [0.15, 0.2) is 55.0 Å². The van der Waals surface area contributed by atoms with Gasteiger partial charge in [-0.25, -0.2) is 4.98 Å². The van der Waals surface area contributed by atoms with Crippen LogP contribution in [0.4, 0.5) is 11.5 Å². The average Bonchev–Trinajstić information content (AvgIpc) is 3.37. The van der Waals surface area contributed by atoms with Gasteiger partial charge in [-0.3, -0.25) is 19.8 Å². The van der Waals surface area contributed by atoms with E-state index in [9.17, 15) is 4.79 Å². The van der Waals surface area contributed by atoms with Gasteiger partial charge in [-0.15, -0.1) is 0 Å². The standard InChI is InChI=1S/C30H35N7O2/c1-20-17-37(18-21(2)39-20)28-9-7-25(16-32-28)33-30(38)29-26-13-23(6-8-27(26)34-35-29)24-12-22(14-31-15-24)19-36-10-4-3-5-11-36/h6-9,12-16,20-21H,3-5,10-11,17-19H2,1-2H3,(H,33,38)(H,34,35)/t20-,21+. The topological polar surface area (TPSA) is 99.3 Å². The third-order valence-electron chi connectivity index (χ3n) is 7.51. The molecule has 1 aromatic carbocycles. The summed E-state index contributed by atoms with van der Waals surface area (Å²) in [6.07, 6.45) is 9.68. The summed E-state index contributed by atoms with van der Waals surface area (Å²) in [6, 6.07) is 12.0. The van der Waals surface area contributed by atoms with Crippen LogP contribution < -0.4 is 10.2 Å². The Kier molecular flexibility index (Phi) is 7.26. The fraction of sp³-hybridized carbons (Fsp3) is 0.400. The van der Waals surface area contributed by atoms with Crippen molar-refractivity contribution in [2.75, 3.05) is 36.4 Å². The molecule has 4 aromatic rings. The number of pyridine rings is 2. The van der Waals surface area contributed by atoms with Gasteiger partial charge in [0.25, 0.3) is 5.91 Å². The van der Waals surface area contributed by atoms with Crippen molar-refractivity contribution in [3.8, 4) is 11.1 Å². The largest absolute Gasteiger partial charge is 0.372 e. The summed E-state index contributed by atoms with van der Waals surface area (Å²) in [4.78, 5) is 27.0. The Hall–Kier alpha value is -3.82. The van der Waals surface area contributed by atoms with Crippen molar-refractivity contribution in [3.05, 3.63) is 66.2 Å². The first-order valence-corrected chi connectivity index (χ1v) is 13.8. The SMILES string of the molecule is C[C@@H]1CN(c2ccc(NC(=O)c3n[nH]c4ccc(-c5cncc(CN6CCCCC6)c5)cc34)cn2)C[C@H](C)O1. The molecule has 39 heavy (non-hydrogen) atoms. The van der Waals surface area contributed by atoms with Crippen molar-refractivity contribution in [3.63, 3.8) is 0 Å². The van der Waals surface area contributed by atoms with Crippen molar-refractivity contribution in [2.24, 2.45) is 0 Å². The van der Waals surface area contributed by atoms with Crippen LogP contribution in [0.25, 0.3) is 22.0 Å². The third-order valence-corrected chi connectivity index (χ3v) is 7.51. The molecule has 9 nitrogen and oxygen atoms in total. The first-order valence-electron chi connectivity index (χ1n) is 13.8. The first-order chi connectivity index (χ1) is 19.0. The number of benzene rings is 1. The van der Waals surface area contributed by atoms with Crippen molar-refractivity contribution >= 4 is 28.3 Å². The number of carbonyl (C=O) groups is 1. The Morgan fingerprint density at radius 3 is 2.59 bits per heavy atom. The van der Waals surface area contributed by atoms with Crippen LogP contribution in [-0.2, 0) is 11.3 Å². The van der Waals surface area contributed by atoms with E-state index in [-0.39, 0.29) is 18.1 Å². The number of piperidine rings is 1. The highest BCUT2D eigenvalue weighted by molar-refractivity contribution is 6.11. The number of anilines is 2. The Labute approximate surface area is 228 Å². The predicted octanol–water partition coefficient (Wildman–Crippen LogP) is 4.87. The minimum atomic E-state index is -0.279. The fourth-order valence-electron chi connectivity index (χ4n) is 5.68. The van der Waals surface area contributed by atoms with E-state index >= 15 is 0 Å². The molecule has 3 aromatic heterocycles. The Morgan fingerprint density at radius 2 is 1.82 bits per heavy atom. The van der Waals surface area contributed by atoms with Gasteiger partial charge in [0.05, 0.1) is 29.6 Å². The normalized spacial score (nSPS) is 20.3. The molecule has 0 radical (unpaired) electrons. The monoisotopic (exact) mass is 525 g/mol. The zero-order chi connectivity index (χ0) is 26.8. The minimum Gasteiger partial charge on any atom is -0.372 e. The van der Waals surface area contributed by atoms with Gasteiger partial charge in [-0.1, -0.05) is 12.5 Å². The lowest BCUT2D eigenvalue weighted by Gasteiger charge is -2.36. The number of carbonyl (C=O) groups excluding carboxylic acids is 1. The van der Waals surface area contributed by atoms with E-state index in [0.29, 0.717) is 11.4 Å². The summed E-state index contributed by atoms with van der Waals surface area (Å²) < 4.78 is 5.82. The molecule has 0 aliphatic carbocycles. The number of morpholine rings is 1. The number of likely N-dealkylation sites (tertiary alicyclic amines) is 1. The van der Waals surface area contributed by atoms with E-state index in [1.165, 1.54) is 24.8 Å². The van der Waals surface area contributed by atoms with Gasteiger partial charge in [0.1, 0.15) is 5.82 Å². The molecule has 2 fully saturated rings. The lowest BCUT2D eigenvalue weighted by molar-refractivity contribution is -0.00545. The Morgan fingerprint density at radius 1 is 1.00 bits per heavy atom. The van der Waals surface area contributed by atoms with Crippen LogP contribution >= 0.6 is 0 Å². The van der Waals surface area contributed by atoms with E-state index in [4.69, 9.17) is 4.74 Å². The van der Waals surface area contributed by atoms with Gasteiger partial charge in [-0.05, 0) is 81.2 Å². The van der Waals surface area contributed by atoms with Crippen molar-refractivity contribution < 1.29 is 9.53 Å². The second kappa shape index (κ2) is 11.1. The highest BCUT2D eigenvalue weighted by Gasteiger charge is 2.23. The molecule has 2 aliphatic rings. The number of nitrogens with one attached hydrogen (secondary N) is 2. The van der Waals surface area contributed by atoms with Gasteiger partial charge < -0.3 is 15.0 Å². The molecule has 9 heteroatoms. The number of hydrogen-bond donors (Lipinski definition) is 2. The summed E-state index contributed by atoms with van der Waals surface area (Å²) in [5.41, 5.74) is 5.03. The van der Waals surface area contributed by atoms with Crippen LogP contribution in [0.2, 0.25) is 0 Å². The van der Waals surface area contributed by atoms with Crippen LogP contribution in [0, 0.1) is 0 Å². The summed E-state index contributed by atoms with van der Waals surface area (Å²) in [7, 11) is 0. The Balaban J connectivity index is 1.18. The molecule has 202 valence electrons. The van der Waals surface area contributed by atoms with Crippen LogP contribution in [0.3, 0.4) is 0 Å². The number of nitrogens with zero attached hydrogens (tertiary/aromatic N) is 5. The predicted molar refractivity (Wildman–Crippen MR) is 153 cm³/mol. The summed E-state index contributed by atoms with van der Waals surface area (Å²) >= 11 is 0. The number of hydrogen-bond acceptors (Lipinski definition) is 7. The van der Waals surface area contributed by atoms with Gasteiger partial charge in [0.15, 0.2) is 5.69 Å². The zero-order valence-electron chi connectivity index (χ0n) is 22.6. The van der Waals surface area contributed by atoms with E-state index in [1.54, 1.807) is 6.20 Å². The number of amides is 1. The average molecular weight is 526 g/mol. The number of H-pyrrole nitrogens is 1. The number of ether oxygens (including phenoxy) is 1. The second-order valence-electron chi connectivity index (χ2n) is 10.8. The van der Waals surface area contributed by atoms with E-state index in [1.807, 2.05) is 42.7 Å². The van der Waals surface area contributed by atoms with Gasteiger partial charge >= 0.3 is 0 Å². The second-order valence-corrected chi connectivity index (χ2v) is 10.8. The minimum absolute atomic E-state index is 0.153. The molecule has 2 aliphatic heterocycles. The van der Waals surface area contributed by atoms with Crippen molar-refractivity contribution in [1.29, 1.82) is 0 Å². The van der Waals surface area contributed by atoms with Crippen molar-refractivity contribution in [2.45, 2.75) is 51.9 Å². The lowest BCUT2D eigenvalue weighted by Crippen LogP contribution is -2.45. The molecule has 6 rings (SSSR count). The lowest BCUT2D eigenvalue weighted by atomic mass is 10.0. The van der Waals surface area contributed by atoms with E-state index in [0.717, 1.165) is 60.6 Å². The molecule has 2 saturated heterocycles. The molecule has 1 amide bonds. The summed E-state index contributed by atoms with van der Waals surface area (Å²) in [5, 5.41) is 11.0. The molecule has 2 atom stereocenters.